The van der Waals surface area contributed by atoms with Gasteiger partial charge in [0, 0.05) is 6.04 Å². The second kappa shape index (κ2) is 5.68. The molecule has 1 fully saturated rings. The highest BCUT2D eigenvalue weighted by Crippen LogP contribution is 2.28. The Bertz CT molecular complexity index is 589. The quantitative estimate of drug-likeness (QED) is 0.894. The standard InChI is InChI=1S/C18H21NO/c1-13-4-2-5-14(10-13)11-18(19)15-6-3-7-17(12-15)20-16-8-9-16/h2-7,10,12,16,18H,8-9,11,19H2,1H3. The van der Waals surface area contributed by atoms with Crippen LogP contribution in [0.1, 0.15) is 35.6 Å². The number of nitrogens with two attached hydrogens (primary N) is 1. The summed E-state index contributed by atoms with van der Waals surface area (Å²) >= 11 is 0. The molecule has 1 unspecified atom stereocenters. The van der Waals surface area contributed by atoms with E-state index < -0.39 is 0 Å². The molecule has 104 valence electrons. The second-order valence-electron chi connectivity index (χ2n) is 5.69. The molecule has 0 amide bonds. The largest absolute Gasteiger partial charge is 0.490 e. The lowest BCUT2D eigenvalue weighted by Gasteiger charge is -2.14. The van der Waals surface area contributed by atoms with E-state index in [9.17, 15) is 0 Å². The minimum Gasteiger partial charge on any atom is -0.490 e. The van der Waals surface area contributed by atoms with Crippen molar-refractivity contribution in [3.63, 3.8) is 0 Å². The van der Waals surface area contributed by atoms with Gasteiger partial charge in [0.2, 0.25) is 0 Å². The van der Waals surface area contributed by atoms with Crippen LogP contribution in [0.5, 0.6) is 5.75 Å². The van der Waals surface area contributed by atoms with Crippen molar-refractivity contribution in [1.29, 1.82) is 0 Å². The Labute approximate surface area is 120 Å². The summed E-state index contributed by atoms with van der Waals surface area (Å²) in [5, 5.41) is 0. The van der Waals surface area contributed by atoms with E-state index in [0.717, 1.165) is 17.7 Å². The van der Waals surface area contributed by atoms with Crippen LogP contribution in [0.25, 0.3) is 0 Å². The Hall–Kier alpha value is -1.80. The third kappa shape index (κ3) is 3.40. The maximum atomic E-state index is 6.34. The van der Waals surface area contributed by atoms with Gasteiger partial charge >= 0.3 is 0 Å². The lowest BCUT2D eigenvalue weighted by atomic mass is 9.98. The molecule has 1 aliphatic carbocycles. The molecule has 0 heterocycles. The fourth-order valence-corrected chi connectivity index (χ4v) is 2.41. The molecule has 0 aliphatic heterocycles. The van der Waals surface area contributed by atoms with E-state index in [0.29, 0.717) is 6.10 Å². The van der Waals surface area contributed by atoms with Crippen LogP contribution in [-0.4, -0.2) is 6.10 Å². The maximum Gasteiger partial charge on any atom is 0.120 e. The maximum absolute atomic E-state index is 6.34. The zero-order valence-corrected chi connectivity index (χ0v) is 11.9. The van der Waals surface area contributed by atoms with Crippen LogP contribution in [0.3, 0.4) is 0 Å². The van der Waals surface area contributed by atoms with E-state index in [1.807, 2.05) is 12.1 Å². The molecule has 3 rings (SSSR count). The average Bonchev–Trinajstić information content (AvgIpc) is 3.23. The highest BCUT2D eigenvalue weighted by molar-refractivity contribution is 5.32. The van der Waals surface area contributed by atoms with Crippen LogP contribution in [0.4, 0.5) is 0 Å². The fraction of sp³-hybridized carbons (Fsp3) is 0.333. The van der Waals surface area contributed by atoms with Crippen LogP contribution in [0, 0.1) is 6.92 Å². The van der Waals surface area contributed by atoms with Crippen molar-refractivity contribution in [2.45, 2.75) is 38.3 Å². The molecule has 0 bridgehead atoms. The van der Waals surface area contributed by atoms with Crippen LogP contribution in [0.2, 0.25) is 0 Å². The molecule has 2 aromatic carbocycles. The van der Waals surface area contributed by atoms with Gasteiger partial charge in [-0.25, -0.2) is 0 Å². The van der Waals surface area contributed by atoms with E-state index >= 15 is 0 Å². The van der Waals surface area contributed by atoms with Crippen molar-refractivity contribution in [1.82, 2.24) is 0 Å². The van der Waals surface area contributed by atoms with Gasteiger partial charge in [-0.05, 0) is 49.4 Å². The Morgan fingerprint density at radius 3 is 2.70 bits per heavy atom. The van der Waals surface area contributed by atoms with E-state index in [2.05, 4.69) is 43.3 Å². The summed E-state index contributed by atoms with van der Waals surface area (Å²) in [5.74, 6) is 0.949. The zero-order chi connectivity index (χ0) is 13.9. The van der Waals surface area contributed by atoms with Gasteiger partial charge in [0.05, 0.1) is 6.10 Å². The molecule has 0 saturated heterocycles. The molecule has 0 spiro atoms. The smallest absolute Gasteiger partial charge is 0.120 e. The summed E-state index contributed by atoms with van der Waals surface area (Å²) in [7, 11) is 0. The molecule has 0 radical (unpaired) electrons. The van der Waals surface area contributed by atoms with Crippen molar-refractivity contribution < 1.29 is 4.74 Å². The molecule has 1 atom stereocenters. The average molecular weight is 267 g/mol. The summed E-state index contributed by atoms with van der Waals surface area (Å²) in [6, 6.07) is 16.8. The van der Waals surface area contributed by atoms with Gasteiger partial charge in [-0.2, -0.15) is 0 Å². The van der Waals surface area contributed by atoms with E-state index in [-0.39, 0.29) is 6.04 Å². The summed E-state index contributed by atoms with van der Waals surface area (Å²) in [5.41, 5.74) is 10.0. The van der Waals surface area contributed by atoms with Crippen molar-refractivity contribution in [2.24, 2.45) is 5.73 Å². The Kier molecular flexibility index (Phi) is 3.75. The highest BCUT2D eigenvalue weighted by Gasteiger charge is 2.23. The minimum atomic E-state index is 0.0135. The molecule has 20 heavy (non-hydrogen) atoms. The molecule has 2 heteroatoms. The first kappa shape index (κ1) is 13.2. The molecular weight excluding hydrogens is 246 g/mol. The van der Waals surface area contributed by atoms with Gasteiger partial charge in [-0.1, -0.05) is 42.0 Å². The molecule has 2 nitrogen and oxygen atoms in total. The van der Waals surface area contributed by atoms with Crippen LogP contribution in [0.15, 0.2) is 48.5 Å². The summed E-state index contributed by atoms with van der Waals surface area (Å²) in [4.78, 5) is 0. The zero-order valence-electron chi connectivity index (χ0n) is 11.9. The Morgan fingerprint density at radius 2 is 1.95 bits per heavy atom. The predicted molar refractivity (Wildman–Crippen MR) is 81.9 cm³/mol. The van der Waals surface area contributed by atoms with Crippen LogP contribution >= 0.6 is 0 Å². The monoisotopic (exact) mass is 267 g/mol. The number of aryl methyl sites for hydroxylation is 1. The first-order valence-corrected chi connectivity index (χ1v) is 7.28. The Balaban J connectivity index is 1.71. The first-order chi connectivity index (χ1) is 9.70. The Morgan fingerprint density at radius 1 is 1.15 bits per heavy atom. The van der Waals surface area contributed by atoms with Gasteiger partial charge in [-0.3, -0.25) is 0 Å². The van der Waals surface area contributed by atoms with E-state index in [1.165, 1.54) is 24.0 Å². The van der Waals surface area contributed by atoms with E-state index in [4.69, 9.17) is 10.5 Å². The summed E-state index contributed by atoms with van der Waals surface area (Å²) in [6.45, 7) is 2.11. The van der Waals surface area contributed by atoms with Crippen LogP contribution < -0.4 is 10.5 Å². The molecule has 2 aromatic rings. The number of rotatable bonds is 5. The molecule has 1 saturated carbocycles. The fourth-order valence-electron chi connectivity index (χ4n) is 2.41. The van der Waals surface area contributed by atoms with Gasteiger partial charge in [0.25, 0.3) is 0 Å². The lowest BCUT2D eigenvalue weighted by molar-refractivity contribution is 0.302. The molecule has 2 N–H and O–H groups in total. The topological polar surface area (TPSA) is 35.2 Å². The normalized spacial score (nSPS) is 15.9. The van der Waals surface area contributed by atoms with Crippen molar-refractivity contribution in [3.8, 4) is 5.75 Å². The van der Waals surface area contributed by atoms with Gasteiger partial charge in [0.15, 0.2) is 0 Å². The van der Waals surface area contributed by atoms with Crippen LogP contribution in [-0.2, 0) is 6.42 Å². The SMILES string of the molecule is Cc1cccc(CC(N)c2cccc(OC3CC3)c2)c1. The van der Waals surface area contributed by atoms with Gasteiger partial charge in [-0.15, -0.1) is 0 Å². The number of hydrogen-bond donors (Lipinski definition) is 1. The third-order valence-corrected chi connectivity index (χ3v) is 3.65. The number of hydrogen-bond acceptors (Lipinski definition) is 2. The second-order valence-corrected chi connectivity index (χ2v) is 5.69. The van der Waals surface area contributed by atoms with Gasteiger partial charge in [0.1, 0.15) is 5.75 Å². The summed E-state index contributed by atoms with van der Waals surface area (Å²) < 4.78 is 5.83. The molecule has 0 aromatic heterocycles. The molecule has 1 aliphatic rings. The first-order valence-electron chi connectivity index (χ1n) is 7.28. The molecular formula is C18H21NO. The minimum absolute atomic E-state index is 0.0135. The van der Waals surface area contributed by atoms with Crippen molar-refractivity contribution >= 4 is 0 Å². The third-order valence-electron chi connectivity index (χ3n) is 3.65. The number of ether oxygens (including phenoxy) is 1. The summed E-state index contributed by atoms with van der Waals surface area (Å²) in [6.07, 6.45) is 3.64. The highest BCUT2D eigenvalue weighted by atomic mass is 16.5. The van der Waals surface area contributed by atoms with Crippen molar-refractivity contribution in [3.05, 3.63) is 65.2 Å². The van der Waals surface area contributed by atoms with Gasteiger partial charge < -0.3 is 10.5 Å². The number of benzene rings is 2. The predicted octanol–water partition coefficient (Wildman–Crippen LogP) is 3.78. The van der Waals surface area contributed by atoms with Crippen molar-refractivity contribution in [2.75, 3.05) is 0 Å². The lowest BCUT2D eigenvalue weighted by Crippen LogP contribution is -2.13. The van der Waals surface area contributed by atoms with E-state index in [1.54, 1.807) is 0 Å².